The normalized spacial score (nSPS) is 11.4. The van der Waals surface area contributed by atoms with E-state index in [9.17, 15) is 15.0 Å². The van der Waals surface area contributed by atoms with Gasteiger partial charge in [-0.05, 0) is 23.8 Å². The highest BCUT2D eigenvalue weighted by atomic mass is 16.3. The van der Waals surface area contributed by atoms with Crippen LogP contribution < -0.4 is 5.32 Å². The van der Waals surface area contributed by atoms with Crippen molar-refractivity contribution in [2.24, 2.45) is 0 Å². The maximum Gasteiger partial charge on any atom is 0.257 e. The molecule has 2 aromatic carbocycles. The molecule has 0 heterocycles. The maximum atomic E-state index is 11.9. The summed E-state index contributed by atoms with van der Waals surface area (Å²) in [5.41, 5.74) is 0.831. The Bertz CT molecular complexity index is 663. The van der Waals surface area contributed by atoms with E-state index in [2.05, 4.69) is 5.32 Å². The van der Waals surface area contributed by atoms with Gasteiger partial charge in [-0.15, -0.1) is 0 Å². The second-order valence-electron chi connectivity index (χ2n) is 4.15. The summed E-state index contributed by atoms with van der Waals surface area (Å²) in [4.78, 5) is 11.9. The van der Waals surface area contributed by atoms with Gasteiger partial charge in [0.1, 0.15) is 5.75 Å². The fraction of sp³-hybridized carbons (Fsp3) is 0.0667. The first-order valence-electron chi connectivity index (χ1n) is 5.89. The van der Waals surface area contributed by atoms with Crippen LogP contribution in [0.5, 0.6) is 5.75 Å². The van der Waals surface area contributed by atoms with Crippen LogP contribution in [0, 0.1) is 11.3 Å². The third-order valence-electron chi connectivity index (χ3n) is 2.75. The van der Waals surface area contributed by atoms with Crippen molar-refractivity contribution in [3.05, 3.63) is 59.7 Å². The number of carbonyl (C=O) groups is 1. The van der Waals surface area contributed by atoms with E-state index in [1.807, 2.05) is 6.07 Å². The minimum atomic E-state index is -1.35. The lowest BCUT2D eigenvalue weighted by atomic mass is 10.1. The number of nitriles is 1. The largest absolute Gasteiger partial charge is 0.506 e. The molecule has 0 aromatic heterocycles. The van der Waals surface area contributed by atoms with Crippen LogP contribution in [-0.2, 0) is 4.79 Å². The molecule has 100 valence electrons. The van der Waals surface area contributed by atoms with Gasteiger partial charge in [0, 0.05) is 0 Å². The van der Waals surface area contributed by atoms with Crippen molar-refractivity contribution in [1.29, 1.82) is 5.26 Å². The number of aromatic hydroxyl groups is 1. The molecule has 2 aromatic rings. The molecular formula is C15H12N2O3. The number of nitrogens with zero attached hydrogens (tertiary/aromatic N) is 1. The predicted molar refractivity (Wildman–Crippen MR) is 72.9 cm³/mol. The molecule has 0 spiro atoms. The number of hydrogen-bond donors (Lipinski definition) is 3. The average molecular weight is 268 g/mol. The van der Waals surface area contributed by atoms with Crippen LogP contribution in [-0.4, -0.2) is 16.1 Å². The van der Waals surface area contributed by atoms with Gasteiger partial charge in [-0.1, -0.05) is 30.3 Å². The molecule has 5 nitrogen and oxygen atoms in total. The summed E-state index contributed by atoms with van der Waals surface area (Å²) < 4.78 is 0. The summed E-state index contributed by atoms with van der Waals surface area (Å²) in [6.45, 7) is 0. The Morgan fingerprint density at radius 2 is 1.90 bits per heavy atom. The van der Waals surface area contributed by atoms with E-state index >= 15 is 0 Å². The highest BCUT2D eigenvalue weighted by Gasteiger charge is 2.18. The van der Waals surface area contributed by atoms with Crippen LogP contribution in [0.4, 0.5) is 5.69 Å². The van der Waals surface area contributed by atoms with E-state index in [1.165, 1.54) is 18.2 Å². The van der Waals surface area contributed by atoms with Crippen molar-refractivity contribution in [3.8, 4) is 11.8 Å². The van der Waals surface area contributed by atoms with Gasteiger partial charge in [0.2, 0.25) is 0 Å². The van der Waals surface area contributed by atoms with Crippen molar-refractivity contribution in [2.45, 2.75) is 6.10 Å². The lowest BCUT2D eigenvalue weighted by molar-refractivity contribution is -0.124. The van der Waals surface area contributed by atoms with E-state index < -0.39 is 12.0 Å². The smallest absolute Gasteiger partial charge is 0.257 e. The topological polar surface area (TPSA) is 93.4 Å². The van der Waals surface area contributed by atoms with Gasteiger partial charge in [0.25, 0.3) is 5.91 Å². The number of hydrogen-bond acceptors (Lipinski definition) is 4. The molecule has 0 fully saturated rings. The highest BCUT2D eigenvalue weighted by molar-refractivity contribution is 5.96. The van der Waals surface area contributed by atoms with Gasteiger partial charge in [0.05, 0.1) is 17.3 Å². The monoisotopic (exact) mass is 268 g/mol. The van der Waals surface area contributed by atoms with Crippen molar-refractivity contribution in [1.82, 2.24) is 0 Å². The Morgan fingerprint density at radius 3 is 2.55 bits per heavy atom. The summed E-state index contributed by atoms with van der Waals surface area (Å²) in [5.74, 6) is -0.848. The number of nitrogens with one attached hydrogen (secondary N) is 1. The fourth-order valence-electron chi connectivity index (χ4n) is 1.69. The predicted octanol–water partition coefficient (Wildman–Crippen LogP) is 1.94. The summed E-state index contributed by atoms with van der Waals surface area (Å²) >= 11 is 0. The standard InChI is InChI=1S/C15H12N2O3/c16-9-10-6-7-13(18)12(8-10)17-15(20)14(19)11-4-2-1-3-5-11/h1-8,14,18-19H,(H,17,20). The van der Waals surface area contributed by atoms with E-state index in [4.69, 9.17) is 5.26 Å². The number of carbonyl (C=O) groups excluding carboxylic acids is 1. The zero-order valence-corrected chi connectivity index (χ0v) is 10.4. The van der Waals surface area contributed by atoms with Crippen LogP contribution in [0.3, 0.4) is 0 Å². The number of amides is 1. The van der Waals surface area contributed by atoms with Gasteiger partial charge >= 0.3 is 0 Å². The molecule has 0 aliphatic rings. The van der Waals surface area contributed by atoms with Crippen LogP contribution in [0.25, 0.3) is 0 Å². The molecule has 2 rings (SSSR count). The minimum absolute atomic E-state index is 0.0871. The lowest BCUT2D eigenvalue weighted by Gasteiger charge is -2.12. The van der Waals surface area contributed by atoms with Gasteiger partial charge in [-0.3, -0.25) is 4.79 Å². The molecule has 0 radical (unpaired) electrons. The molecule has 3 N–H and O–H groups in total. The first-order chi connectivity index (χ1) is 9.61. The maximum absolute atomic E-state index is 11.9. The zero-order valence-electron chi connectivity index (χ0n) is 10.4. The summed E-state index contributed by atoms with van der Waals surface area (Å²) in [5, 5.41) is 30.7. The van der Waals surface area contributed by atoms with E-state index in [0.717, 1.165) is 0 Å². The van der Waals surface area contributed by atoms with Gasteiger partial charge in [-0.2, -0.15) is 5.26 Å². The minimum Gasteiger partial charge on any atom is -0.506 e. The number of rotatable bonds is 3. The molecule has 1 unspecified atom stereocenters. The Kier molecular flexibility index (Phi) is 3.99. The lowest BCUT2D eigenvalue weighted by Crippen LogP contribution is -2.20. The molecule has 20 heavy (non-hydrogen) atoms. The van der Waals surface area contributed by atoms with Crippen molar-refractivity contribution in [3.63, 3.8) is 0 Å². The molecule has 0 saturated carbocycles. The quantitative estimate of drug-likeness (QED) is 0.741. The Morgan fingerprint density at radius 1 is 1.20 bits per heavy atom. The van der Waals surface area contributed by atoms with Gasteiger partial charge < -0.3 is 15.5 Å². The van der Waals surface area contributed by atoms with E-state index in [-0.39, 0.29) is 11.4 Å². The highest BCUT2D eigenvalue weighted by Crippen LogP contribution is 2.25. The van der Waals surface area contributed by atoms with Crippen LogP contribution >= 0.6 is 0 Å². The molecule has 1 amide bonds. The second kappa shape index (κ2) is 5.87. The summed E-state index contributed by atoms with van der Waals surface area (Å²) in [6.07, 6.45) is -1.35. The zero-order chi connectivity index (χ0) is 14.5. The third-order valence-corrected chi connectivity index (χ3v) is 2.75. The first-order valence-corrected chi connectivity index (χ1v) is 5.89. The number of aliphatic hydroxyl groups is 1. The Labute approximate surface area is 115 Å². The molecule has 0 aliphatic carbocycles. The third kappa shape index (κ3) is 2.94. The van der Waals surface area contributed by atoms with Gasteiger partial charge in [0.15, 0.2) is 6.10 Å². The molecule has 0 aliphatic heterocycles. The molecule has 1 atom stereocenters. The van der Waals surface area contributed by atoms with E-state index in [0.29, 0.717) is 11.1 Å². The van der Waals surface area contributed by atoms with Crippen molar-refractivity contribution in [2.75, 3.05) is 5.32 Å². The molecular weight excluding hydrogens is 256 g/mol. The van der Waals surface area contributed by atoms with Crippen molar-refractivity contribution >= 4 is 11.6 Å². The number of anilines is 1. The molecule has 0 saturated heterocycles. The fourth-order valence-corrected chi connectivity index (χ4v) is 1.69. The van der Waals surface area contributed by atoms with Crippen LogP contribution in [0.1, 0.15) is 17.2 Å². The van der Waals surface area contributed by atoms with Crippen LogP contribution in [0.2, 0.25) is 0 Å². The van der Waals surface area contributed by atoms with Crippen molar-refractivity contribution < 1.29 is 15.0 Å². The van der Waals surface area contributed by atoms with Crippen LogP contribution in [0.15, 0.2) is 48.5 Å². The summed E-state index contributed by atoms with van der Waals surface area (Å²) in [7, 11) is 0. The Hall–Kier alpha value is -2.84. The van der Waals surface area contributed by atoms with E-state index in [1.54, 1.807) is 30.3 Å². The number of benzene rings is 2. The Balaban J connectivity index is 2.18. The second-order valence-corrected chi connectivity index (χ2v) is 4.15. The molecule has 0 bridgehead atoms. The average Bonchev–Trinajstić information content (AvgIpc) is 2.49. The number of aliphatic hydroxyl groups excluding tert-OH is 1. The van der Waals surface area contributed by atoms with Gasteiger partial charge in [-0.25, -0.2) is 0 Å². The summed E-state index contributed by atoms with van der Waals surface area (Å²) in [6, 6.07) is 14.4. The molecule has 5 heteroatoms. The number of phenols is 1. The number of phenolic OH excluding ortho intramolecular Hbond substituents is 1. The SMILES string of the molecule is N#Cc1ccc(O)c(NC(=O)C(O)c2ccccc2)c1. The first kappa shape index (κ1) is 13.6.